The van der Waals surface area contributed by atoms with Crippen molar-refractivity contribution in [3.63, 3.8) is 0 Å². The number of benzene rings is 2. The van der Waals surface area contributed by atoms with Crippen LogP contribution < -0.4 is 15.4 Å². The number of phenols is 1. The Labute approximate surface area is 136 Å². The predicted octanol–water partition coefficient (Wildman–Crippen LogP) is 3.75. The van der Waals surface area contributed by atoms with E-state index in [1.54, 1.807) is 6.07 Å². The molecule has 2 aromatic carbocycles. The third-order valence-corrected chi connectivity index (χ3v) is 3.36. The molecule has 0 fully saturated rings. The average molecular weight is 314 g/mol. The number of para-hydroxylation sites is 1. The molecule has 0 aliphatic carbocycles. The van der Waals surface area contributed by atoms with E-state index in [9.17, 15) is 9.90 Å². The molecule has 1 amide bonds. The van der Waals surface area contributed by atoms with Crippen LogP contribution in [0, 0.1) is 0 Å². The van der Waals surface area contributed by atoms with Crippen molar-refractivity contribution in [2.24, 2.45) is 0 Å². The van der Waals surface area contributed by atoms with E-state index >= 15 is 0 Å². The summed E-state index contributed by atoms with van der Waals surface area (Å²) >= 11 is 0. The van der Waals surface area contributed by atoms with Gasteiger partial charge in [-0.05, 0) is 37.3 Å². The Kier molecular flexibility index (Phi) is 5.86. The van der Waals surface area contributed by atoms with Gasteiger partial charge in [0.25, 0.3) is 0 Å². The van der Waals surface area contributed by atoms with E-state index in [1.165, 1.54) is 0 Å². The van der Waals surface area contributed by atoms with Crippen LogP contribution in [0.3, 0.4) is 0 Å². The summed E-state index contributed by atoms with van der Waals surface area (Å²) in [4.78, 5) is 11.3. The SMILES string of the molecule is CCOc1cccc(CNc2ccc(NC(=O)CC)cc2)c1O. The molecule has 0 aromatic heterocycles. The van der Waals surface area contributed by atoms with E-state index in [-0.39, 0.29) is 11.7 Å². The molecule has 0 radical (unpaired) electrons. The fraction of sp³-hybridized carbons (Fsp3) is 0.278. The van der Waals surface area contributed by atoms with Gasteiger partial charge in [-0.25, -0.2) is 0 Å². The zero-order valence-electron chi connectivity index (χ0n) is 13.4. The standard InChI is InChI=1S/C18H22N2O3/c1-3-17(21)20-15-10-8-14(9-11-15)19-12-13-6-5-7-16(18(13)22)23-4-2/h5-11,19,22H,3-4,12H2,1-2H3,(H,20,21). The Hall–Kier alpha value is -2.69. The van der Waals surface area contributed by atoms with Crippen LogP contribution in [0.4, 0.5) is 11.4 Å². The number of hydrogen-bond acceptors (Lipinski definition) is 4. The van der Waals surface area contributed by atoms with Gasteiger partial charge in [-0.2, -0.15) is 0 Å². The van der Waals surface area contributed by atoms with Crippen LogP contribution in [0.1, 0.15) is 25.8 Å². The lowest BCUT2D eigenvalue weighted by Crippen LogP contribution is -2.09. The van der Waals surface area contributed by atoms with Gasteiger partial charge < -0.3 is 20.5 Å². The van der Waals surface area contributed by atoms with E-state index in [2.05, 4.69) is 10.6 Å². The van der Waals surface area contributed by atoms with Crippen molar-refractivity contribution < 1.29 is 14.6 Å². The summed E-state index contributed by atoms with van der Waals surface area (Å²) in [5.74, 6) is 0.640. The minimum atomic E-state index is -0.0108. The molecule has 0 saturated heterocycles. The Balaban J connectivity index is 1.98. The summed E-state index contributed by atoms with van der Waals surface area (Å²) in [7, 11) is 0. The summed E-state index contributed by atoms with van der Waals surface area (Å²) in [6.45, 7) is 4.68. The van der Waals surface area contributed by atoms with Gasteiger partial charge in [0, 0.05) is 29.9 Å². The van der Waals surface area contributed by atoms with Gasteiger partial charge in [0.2, 0.25) is 5.91 Å². The Bertz CT molecular complexity index is 654. The molecule has 0 saturated carbocycles. The zero-order chi connectivity index (χ0) is 16.7. The van der Waals surface area contributed by atoms with E-state index in [1.807, 2.05) is 50.2 Å². The van der Waals surface area contributed by atoms with Crippen LogP contribution in [0.5, 0.6) is 11.5 Å². The third kappa shape index (κ3) is 4.64. The second-order valence-corrected chi connectivity index (χ2v) is 5.03. The molecule has 0 atom stereocenters. The van der Waals surface area contributed by atoms with Crippen LogP contribution in [0.2, 0.25) is 0 Å². The number of aromatic hydroxyl groups is 1. The van der Waals surface area contributed by atoms with Crippen LogP contribution >= 0.6 is 0 Å². The van der Waals surface area contributed by atoms with Gasteiger partial charge >= 0.3 is 0 Å². The molecule has 23 heavy (non-hydrogen) atoms. The van der Waals surface area contributed by atoms with Crippen LogP contribution in [-0.4, -0.2) is 17.6 Å². The predicted molar refractivity (Wildman–Crippen MR) is 92.0 cm³/mol. The molecule has 0 aliphatic heterocycles. The van der Waals surface area contributed by atoms with Crippen LogP contribution in [-0.2, 0) is 11.3 Å². The minimum absolute atomic E-state index is 0.0108. The van der Waals surface area contributed by atoms with Crippen molar-refractivity contribution in [2.45, 2.75) is 26.8 Å². The third-order valence-electron chi connectivity index (χ3n) is 3.36. The Morgan fingerprint density at radius 1 is 1.09 bits per heavy atom. The highest BCUT2D eigenvalue weighted by Gasteiger charge is 2.07. The number of rotatable bonds is 7. The van der Waals surface area contributed by atoms with Crippen LogP contribution in [0.15, 0.2) is 42.5 Å². The summed E-state index contributed by atoms with van der Waals surface area (Å²) in [6, 6.07) is 12.9. The largest absolute Gasteiger partial charge is 0.504 e. The lowest BCUT2D eigenvalue weighted by Gasteiger charge is -2.12. The zero-order valence-corrected chi connectivity index (χ0v) is 13.4. The second-order valence-electron chi connectivity index (χ2n) is 5.03. The molecular formula is C18H22N2O3. The van der Waals surface area contributed by atoms with Crippen molar-refractivity contribution >= 4 is 17.3 Å². The van der Waals surface area contributed by atoms with Gasteiger partial charge in [0.15, 0.2) is 11.5 Å². The summed E-state index contributed by atoms with van der Waals surface area (Å²) < 4.78 is 5.37. The molecule has 5 nitrogen and oxygen atoms in total. The van der Waals surface area contributed by atoms with E-state index in [0.717, 1.165) is 16.9 Å². The molecule has 3 N–H and O–H groups in total. The van der Waals surface area contributed by atoms with E-state index in [4.69, 9.17) is 4.74 Å². The molecule has 122 valence electrons. The van der Waals surface area contributed by atoms with Gasteiger partial charge in [-0.3, -0.25) is 4.79 Å². The minimum Gasteiger partial charge on any atom is -0.504 e. The van der Waals surface area contributed by atoms with Gasteiger partial charge in [-0.15, -0.1) is 0 Å². The number of carbonyl (C=O) groups is 1. The van der Waals surface area contributed by atoms with Crippen molar-refractivity contribution in [3.05, 3.63) is 48.0 Å². The molecule has 0 bridgehead atoms. The molecule has 2 rings (SSSR count). The highest BCUT2D eigenvalue weighted by molar-refractivity contribution is 5.90. The Morgan fingerprint density at radius 2 is 1.78 bits per heavy atom. The number of hydrogen-bond donors (Lipinski definition) is 3. The molecule has 0 spiro atoms. The molecule has 0 aliphatic rings. The maximum absolute atomic E-state index is 11.3. The number of phenolic OH excluding ortho intramolecular Hbond substituents is 1. The quantitative estimate of drug-likeness (QED) is 0.728. The fourth-order valence-corrected chi connectivity index (χ4v) is 2.10. The molecule has 5 heteroatoms. The average Bonchev–Trinajstić information content (AvgIpc) is 2.57. The normalized spacial score (nSPS) is 10.2. The van der Waals surface area contributed by atoms with Gasteiger partial charge in [-0.1, -0.05) is 19.1 Å². The van der Waals surface area contributed by atoms with Crippen molar-refractivity contribution in [1.82, 2.24) is 0 Å². The van der Waals surface area contributed by atoms with Crippen molar-refractivity contribution in [1.29, 1.82) is 0 Å². The monoisotopic (exact) mass is 314 g/mol. The first-order valence-corrected chi connectivity index (χ1v) is 7.71. The summed E-state index contributed by atoms with van der Waals surface area (Å²) in [5, 5.41) is 16.2. The maximum atomic E-state index is 11.3. The second kappa shape index (κ2) is 8.08. The molecular weight excluding hydrogens is 292 g/mol. The van der Waals surface area contributed by atoms with Crippen molar-refractivity contribution in [3.8, 4) is 11.5 Å². The molecule has 0 unspecified atom stereocenters. The van der Waals surface area contributed by atoms with Crippen LogP contribution in [0.25, 0.3) is 0 Å². The maximum Gasteiger partial charge on any atom is 0.224 e. The first-order valence-electron chi connectivity index (χ1n) is 7.71. The van der Waals surface area contributed by atoms with E-state index < -0.39 is 0 Å². The number of carbonyl (C=O) groups excluding carboxylic acids is 1. The molecule has 0 heterocycles. The highest BCUT2D eigenvalue weighted by atomic mass is 16.5. The van der Waals surface area contributed by atoms with Gasteiger partial charge in [0.1, 0.15) is 0 Å². The van der Waals surface area contributed by atoms with E-state index in [0.29, 0.717) is 25.3 Å². The van der Waals surface area contributed by atoms with Crippen molar-refractivity contribution in [2.75, 3.05) is 17.2 Å². The fourth-order valence-electron chi connectivity index (χ4n) is 2.10. The number of ether oxygens (including phenoxy) is 1. The smallest absolute Gasteiger partial charge is 0.224 e. The lowest BCUT2D eigenvalue weighted by atomic mass is 10.1. The van der Waals surface area contributed by atoms with Gasteiger partial charge in [0.05, 0.1) is 6.61 Å². The highest BCUT2D eigenvalue weighted by Crippen LogP contribution is 2.30. The summed E-state index contributed by atoms with van der Waals surface area (Å²) in [5.41, 5.74) is 2.43. The summed E-state index contributed by atoms with van der Waals surface area (Å²) in [6.07, 6.45) is 0.454. The topological polar surface area (TPSA) is 70.6 Å². The molecule has 2 aromatic rings. The Morgan fingerprint density at radius 3 is 2.43 bits per heavy atom. The first-order chi connectivity index (χ1) is 11.1. The number of nitrogens with one attached hydrogen (secondary N) is 2. The first kappa shape index (κ1) is 16.7. The number of amides is 1. The lowest BCUT2D eigenvalue weighted by molar-refractivity contribution is -0.115. The number of anilines is 2.